The van der Waals surface area contributed by atoms with Gasteiger partial charge in [0.25, 0.3) is 5.91 Å². The molecule has 0 saturated carbocycles. The molecule has 0 fully saturated rings. The summed E-state index contributed by atoms with van der Waals surface area (Å²) in [6, 6.07) is 10.2. The molecule has 0 bridgehead atoms. The fourth-order valence-corrected chi connectivity index (χ4v) is 1.77. The first-order chi connectivity index (χ1) is 10.0. The summed E-state index contributed by atoms with van der Waals surface area (Å²) in [7, 11) is 1.15. The fourth-order valence-electron chi connectivity index (χ4n) is 1.77. The number of methoxy groups -OCH3 is 1. The van der Waals surface area contributed by atoms with Crippen LogP contribution in [-0.4, -0.2) is 19.0 Å². The Morgan fingerprint density at radius 2 is 1.86 bits per heavy atom. The third-order valence-electron chi connectivity index (χ3n) is 2.83. The Morgan fingerprint density at radius 1 is 1.14 bits per heavy atom. The van der Waals surface area contributed by atoms with Crippen molar-refractivity contribution >= 4 is 23.3 Å². The Labute approximate surface area is 120 Å². The summed E-state index contributed by atoms with van der Waals surface area (Å²) >= 11 is 0. The molecule has 0 saturated heterocycles. The number of anilines is 2. The lowest BCUT2D eigenvalue weighted by Gasteiger charge is -2.09. The van der Waals surface area contributed by atoms with Crippen LogP contribution in [0.25, 0.3) is 0 Å². The van der Waals surface area contributed by atoms with Gasteiger partial charge in [-0.05, 0) is 30.3 Å². The molecule has 0 unspecified atom stereocenters. The summed E-state index contributed by atoms with van der Waals surface area (Å²) in [5.74, 6) is -1.99. The summed E-state index contributed by atoms with van der Waals surface area (Å²) in [5, 5.41) is 2.55. The molecule has 2 rings (SSSR count). The zero-order chi connectivity index (χ0) is 15.4. The smallest absolute Gasteiger partial charge is 0.340 e. The van der Waals surface area contributed by atoms with Gasteiger partial charge in [0, 0.05) is 11.4 Å². The van der Waals surface area contributed by atoms with Crippen molar-refractivity contribution in [3.8, 4) is 0 Å². The predicted molar refractivity (Wildman–Crippen MR) is 76.5 cm³/mol. The number of nitrogen functional groups attached to an aromatic ring is 1. The van der Waals surface area contributed by atoms with E-state index in [2.05, 4.69) is 10.1 Å². The van der Waals surface area contributed by atoms with Crippen molar-refractivity contribution in [2.45, 2.75) is 0 Å². The number of nitrogens with one attached hydrogen (secondary N) is 1. The van der Waals surface area contributed by atoms with Crippen LogP contribution in [0.15, 0.2) is 42.5 Å². The molecular formula is C15H13FN2O3. The van der Waals surface area contributed by atoms with Crippen molar-refractivity contribution in [2.75, 3.05) is 18.2 Å². The second-order valence-electron chi connectivity index (χ2n) is 4.23. The lowest BCUT2D eigenvalue weighted by atomic mass is 10.1. The van der Waals surface area contributed by atoms with Crippen LogP contribution >= 0.6 is 0 Å². The van der Waals surface area contributed by atoms with E-state index in [9.17, 15) is 14.0 Å². The second-order valence-corrected chi connectivity index (χ2v) is 4.23. The second kappa shape index (κ2) is 6.04. The number of hydrogen-bond donors (Lipinski definition) is 2. The SMILES string of the molecule is COC(=O)c1cc(NC(=O)c2ccccc2N)ccc1F. The maximum Gasteiger partial charge on any atom is 0.340 e. The van der Waals surface area contributed by atoms with Crippen LogP contribution in [0.1, 0.15) is 20.7 Å². The average Bonchev–Trinajstić information content (AvgIpc) is 2.48. The molecule has 3 N–H and O–H groups in total. The summed E-state index contributed by atoms with van der Waals surface area (Å²) < 4.78 is 18.0. The molecule has 0 aromatic heterocycles. The fraction of sp³-hybridized carbons (Fsp3) is 0.0667. The predicted octanol–water partition coefficient (Wildman–Crippen LogP) is 2.45. The minimum Gasteiger partial charge on any atom is -0.465 e. The molecule has 21 heavy (non-hydrogen) atoms. The molecule has 0 aliphatic heterocycles. The highest BCUT2D eigenvalue weighted by atomic mass is 19.1. The Morgan fingerprint density at radius 3 is 2.52 bits per heavy atom. The van der Waals surface area contributed by atoms with Crippen LogP contribution in [0.4, 0.5) is 15.8 Å². The number of esters is 1. The van der Waals surface area contributed by atoms with E-state index < -0.39 is 17.7 Å². The maximum absolute atomic E-state index is 13.5. The standard InChI is InChI=1S/C15H13FN2O3/c1-21-15(20)11-8-9(6-7-12(11)16)18-14(19)10-4-2-3-5-13(10)17/h2-8H,17H2,1H3,(H,18,19). The first-order valence-corrected chi connectivity index (χ1v) is 6.06. The summed E-state index contributed by atoms with van der Waals surface area (Å²) in [6.45, 7) is 0. The van der Waals surface area contributed by atoms with Crippen molar-refractivity contribution in [1.82, 2.24) is 0 Å². The number of nitrogens with two attached hydrogens (primary N) is 1. The van der Waals surface area contributed by atoms with Crippen molar-refractivity contribution < 1.29 is 18.7 Å². The molecule has 5 nitrogen and oxygen atoms in total. The largest absolute Gasteiger partial charge is 0.465 e. The highest BCUT2D eigenvalue weighted by Gasteiger charge is 2.15. The van der Waals surface area contributed by atoms with Gasteiger partial charge in [0.2, 0.25) is 0 Å². The third-order valence-corrected chi connectivity index (χ3v) is 2.83. The first-order valence-electron chi connectivity index (χ1n) is 6.06. The Balaban J connectivity index is 2.26. The molecule has 0 atom stereocenters. The molecule has 0 aliphatic carbocycles. The number of carbonyl (C=O) groups is 2. The van der Waals surface area contributed by atoms with E-state index in [1.165, 1.54) is 12.1 Å². The molecule has 0 aliphatic rings. The monoisotopic (exact) mass is 288 g/mol. The topological polar surface area (TPSA) is 81.4 Å². The maximum atomic E-state index is 13.5. The molecule has 0 heterocycles. The highest BCUT2D eigenvalue weighted by Crippen LogP contribution is 2.18. The van der Waals surface area contributed by atoms with E-state index in [1.54, 1.807) is 24.3 Å². The molecule has 6 heteroatoms. The van der Waals surface area contributed by atoms with E-state index in [-0.39, 0.29) is 11.3 Å². The van der Waals surface area contributed by atoms with Crippen LogP contribution in [0.3, 0.4) is 0 Å². The summed E-state index contributed by atoms with van der Waals surface area (Å²) in [6.07, 6.45) is 0. The van der Waals surface area contributed by atoms with Gasteiger partial charge >= 0.3 is 5.97 Å². The zero-order valence-electron chi connectivity index (χ0n) is 11.2. The first kappa shape index (κ1) is 14.5. The van der Waals surface area contributed by atoms with E-state index in [0.29, 0.717) is 11.3 Å². The molecule has 2 aromatic rings. The van der Waals surface area contributed by atoms with Gasteiger partial charge in [-0.15, -0.1) is 0 Å². The number of halogens is 1. The number of amides is 1. The number of rotatable bonds is 3. The van der Waals surface area contributed by atoms with Crippen LogP contribution < -0.4 is 11.1 Å². The van der Waals surface area contributed by atoms with E-state index in [4.69, 9.17) is 5.73 Å². The van der Waals surface area contributed by atoms with Gasteiger partial charge in [0.15, 0.2) is 0 Å². The van der Waals surface area contributed by atoms with Crippen LogP contribution in [0.5, 0.6) is 0 Å². The van der Waals surface area contributed by atoms with Crippen molar-refractivity contribution in [3.63, 3.8) is 0 Å². The lowest BCUT2D eigenvalue weighted by molar-refractivity contribution is 0.0595. The van der Waals surface area contributed by atoms with Gasteiger partial charge in [-0.1, -0.05) is 12.1 Å². The minimum atomic E-state index is -0.817. The quantitative estimate of drug-likeness (QED) is 0.671. The van der Waals surface area contributed by atoms with Crippen LogP contribution in [0.2, 0.25) is 0 Å². The molecule has 0 spiro atoms. The normalized spacial score (nSPS) is 10.0. The minimum absolute atomic E-state index is 0.253. The molecule has 1 amide bonds. The molecule has 0 radical (unpaired) electrons. The summed E-state index contributed by atoms with van der Waals surface area (Å²) in [5.41, 5.74) is 6.34. The van der Waals surface area contributed by atoms with Crippen molar-refractivity contribution in [2.24, 2.45) is 0 Å². The number of carbonyl (C=O) groups excluding carboxylic acids is 2. The Hall–Kier alpha value is -2.89. The van der Waals surface area contributed by atoms with Gasteiger partial charge in [-0.2, -0.15) is 0 Å². The number of ether oxygens (including phenoxy) is 1. The van der Waals surface area contributed by atoms with Crippen LogP contribution in [0, 0.1) is 5.82 Å². The van der Waals surface area contributed by atoms with E-state index >= 15 is 0 Å². The van der Waals surface area contributed by atoms with Gasteiger partial charge < -0.3 is 15.8 Å². The number of benzene rings is 2. The van der Waals surface area contributed by atoms with E-state index in [1.807, 2.05) is 0 Å². The Kier molecular flexibility index (Phi) is 4.18. The van der Waals surface area contributed by atoms with Gasteiger partial charge in [-0.3, -0.25) is 4.79 Å². The number of para-hydroxylation sites is 1. The van der Waals surface area contributed by atoms with Crippen LogP contribution in [-0.2, 0) is 4.74 Å². The van der Waals surface area contributed by atoms with Gasteiger partial charge in [0.05, 0.1) is 18.2 Å². The third kappa shape index (κ3) is 3.17. The van der Waals surface area contributed by atoms with Gasteiger partial charge in [0.1, 0.15) is 5.82 Å². The Bertz CT molecular complexity index is 701. The number of hydrogen-bond acceptors (Lipinski definition) is 4. The molecule has 2 aromatic carbocycles. The summed E-state index contributed by atoms with van der Waals surface area (Å²) in [4.78, 5) is 23.5. The van der Waals surface area contributed by atoms with Crippen molar-refractivity contribution in [3.05, 3.63) is 59.4 Å². The average molecular weight is 288 g/mol. The van der Waals surface area contributed by atoms with Gasteiger partial charge in [-0.25, -0.2) is 9.18 Å². The lowest BCUT2D eigenvalue weighted by Crippen LogP contribution is -2.15. The van der Waals surface area contributed by atoms with Crippen molar-refractivity contribution in [1.29, 1.82) is 0 Å². The highest BCUT2D eigenvalue weighted by molar-refractivity contribution is 6.08. The van der Waals surface area contributed by atoms with E-state index in [0.717, 1.165) is 13.2 Å². The zero-order valence-corrected chi connectivity index (χ0v) is 11.2. The molecule has 108 valence electrons. The molecular weight excluding hydrogens is 275 g/mol.